The zero-order valence-corrected chi connectivity index (χ0v) is 9.09. The molecule has 1 heteroatoms. The van der Waals surface area contributed by atoms with Gasteiger partial charge in [-0.3, -0.25) is 4.98 Å². The Morgan fingerprint density at radius 1 is 1.23 bits per heavy atom. The summed E-state index contributed by atoms with van der Waals surface area (Å²) in [6.07, 6.45) is 4.15. The molecule has 72 valence electrons. The van der Waals surface area contributed by atoms with Gasteiger partial charge < -0.3 is 0 Å². The highest BCUT2D eigenvalue weighted by Gasteiger charge is 2.04. The lowest BCUT2D eigenvalue weighted by atomic mass is 10.0. The molecule has 1 aromatic rings. The van der Waals surface area contributed by atoms with Crippen LogP contribution in [-0.4, -0.2) is 4.98 Å². The molecule has 13 heavy (non-hydrogen) atoms. The first kappa shape index (κ1) is 10.2. The van der Waals surface area contributed by atoms with Crippen molar-refractivity contribution in [2.75, 3.05) is 0 Å². The second-order valence-electron chi connectivity index (χ2n) is 3.74. The standard InChI is InChI=1S/C12H19N/c1-5-10-7-11(9(3)4)8-13-12(10)6-2/h7-9H,5-6H2,1-4H3. The van der Waals surface area contributed by atoms with Crippen molar-refractivity contribution < 1.29 is 0 Å². The van der Waals surface area contributed by atoms with Gasteiger partial charge in [-0.2, -0.15) is 0 Å². The molecule has 0 atom stereocenters. The van der Waals surface area contributed by atoms with E-state index in [0.717, 1.165) is 12.8 Å². The summed E-state index contributed by atoms with van der Waals surface area (Å²) in [5.74, 6) is 0.587. The zero-order valence-electron chi connectivity index (χ0n) is 9.09. The molecular formula is C12H19N. The molecule has 0 aromatic carbocycles. The minimum absolute atomic E-state index is 0.587. The summed E-state index contributed by atoms with van der Waals surface area (Å²) in [5, 5.41) is 0. The first-order chi connectivity index (χ1) is 6.19. The van der Waals surface area contributed by atoms with Gasteiger partial charge in [0.25, 0.3) is 0 Å². The predicted octanol–water partition coefficient (Wildman–Crippen LogP) is 3.33. The van der Waals surface area contributed by atoms with E-state index in [9.17, 15) is 0 Å². The monoisotopic (exact) mass is 177 g/mol. The van der Waals surface area contributed by atoms with Gasteiger partial charge in [-0.1, -0.05) is 33.8 Å². The second kappa shape index (κ2) is 4.40. The van der Waals surface area contributed by atoms with E-state index >= 15 is 0 Å². The van der Waals surface area contributed by atoms with Crippen molar-refractivity contribution in [1.82, 2.24) is 4.98 Å². The van der Waals surface area contributed by atoms with Crippen LogP contribution in [0.3, 0.4) is 0 Å². The van der Waals surface area contributed by atoms with E-state index in [0.29, 0.717) is 5.92 Å². The third kappa shape index (κ3) is 2.30. The molecule has 0 aliphatic carbocycles. The molecule has 0 radical (unpaired) electrons. The lowest BCUT2D eigenvalue weighted by Crippen LogP contribution is -1.98. The quantitative estimate of drug-likeness (QED) is 0.690. The van der Waals surface area contributed by atoms with Gasteiger partial charge in [0.05, 0.1) is 0 Å². The molecule has 1 rings (SSSR count). The lowest BCUT2D eigenvalue weighted by molar-refractivity contribution is 0.839. The average molecular weight is 177 g/mol. The van der Waals surface area contributed by atoms with E-state index in [1.807, 2.05) is 6.20 Å². The van der Waals surface area contributed by atoms with E-state index < -0.39 is 0 Å². The van der Waals surface area contributed by atoms with Crippen molar-refractivity contribution >= 4 is 0 Å². The second-order valence-corrected chi connectivity index (χ2v) is 3.74. The summed E-state index contributed by atoms with van der Waals surface area (Å²) >= 11 is 0. The predicted molar refractivity (Wildman–Crippen MR) is 57.1 cm³/mol. The maximum absolute atomic E-state index is 4.49. The largest absolute Gasteiger partial charge is 0.261 e. The molecule has 0 saturated carbocycles. The molecule has 0 spiro atoms. The van der Waals surface area contributed by atoms with Gasteiger partial charge in [0.15, 0.2) is 0 Å². The minimum Gasteiger partial charge on any atom is -0.261 e. The summed E-state index contributed by atoms with van der Waals surface area (Å²) in [5.41, 5.74) is 4.02. The molecule has 0 bridgehead atoms. The number of aryl methyl sites for hydroxylation is 2. The summed E-state index contributed by atoms with van der Waals surface area (Å²) < 4.78 is 0. The first-order valence-corrected chi connectivity index (χ1v) is 5.16. The van der Waals surface area contributed by atoms with E-state index in [2.05, 4.69) is 38.7 Å². The van der Waals surface area contributed by atoms with Gasteiger partial charge in [0.1, 0.15) is 0 Å². The van der Waals surface area contributed by atoms with E-state index in [1.54, 1.807) is 0 Å². The summed E-state index contributed by atoms with van der Waals surface area (Å²) in [7, 11) is 0. The van der Waals surface area contributed by atoms with Crippen LogP contribution in [0.25, 0.3) is 0 Å². The van der Waals surface area contributed by atoms with Crippen LogP contribution in [0.15, 0.2) is 12.3 Å². The van der Waals surface area contributed by atoms with Crippen molar-refractivity contribution in [2.24, 2.45) is 0 Å². The van der Waals surface area contributed by atoms with Gasteiger partial charge in [-0.25, -0.2) is 0 Å². The van der Waals surface area contributed by atoms with Gasteiger partial charge >= 0.3 is 0 Å². The van der Waals surface area contributed by atoms with Crippen LogP contribution >= 0.6 is 0 Å². The molecule has 0 unspecified atom stereocenters. The molecule has 0 N–H and O–H groups in total. The highest BCUT2D eigenvalue weighted by Crippen LogP contribution is 2.17. The number of rotatable bonds is 3. The summed E-state index contributed by atoms with van der Waals surface area (Å²) in [4.78, 5) is 4.49. The average Bonchev–Trinajstić information content (AvgIpc) is 2.16. The zero-order chi connectivity index (χ0) is 9.84. The van der Waals surface area contributed by atoms with E-state index in [-0.39, 0.29) is 0 Å². The number of hydrogen-bond donors (Lipinski definition) is 0. The molecule has 1 heterocycles. The Kier molecular flexibility index (Phi) is 3.47. The van der Waals surface area contributed by atoms with Crippen molar-refractivity contribution in [2.45, 2.75) is 46.5 Å². The first-order valence-electron chi connectivity index (χ1n) is 5.16. The van der Waals surface area contributed by atoms with Crippen molar-refractivity contribution in [1.29, 1.82) is 0 Å². The summed E-state index contributed by atoms with van der Waals surface area (Å²) in [6, 6.07) is 2.30. The fourth-order valence-electron chi connectivity index (χ4n) is 1.50. The van der Waals surface area contributed by atoms with Crippen molar-refractivity contribution in [3.8, 4) is 0 Å². The van der Waals surface area contributed by atoms with Crippen LogP contribution in [0.4, 0.5) is 0 Å². The molecular weight excluding hydrogens is 158 g/mol. The van der Waals surface area contributed by atoms with Crippen LogP contribution in [0.5, 0.6) is 0 Å². The number of aromatic nitrogens is 1. The third-order valence-electron chi connectivity index (χ3n) is 2.46. The van der Waals surface area contributed by atoms with Crippen LogP contribution < -0.4 is 0 Å². The SMILES string of the molecule is CCc1cc(C(C)C)cnc1CC. The van der Waals surface area contributed by atoms with Crippen LogP contribution in [-0.2, 0) is 12.8 Å². The fraction of sp³-hybridized carbons (Fsp3) is 0.583. The molecule has 0 saturated heterocycles. The Hall–Kier alpha value is -0.850. The Balaban J connectivity index is 3.05. The number of pyridine rings is 1. The molecule has 0 aliphatic heterocycles. The summed E-state index contributed by atoms with van der Waals surface area (Å²) in [6.45, 7) is 8.78. The maximum atomic E-state index is 4.49. The highest BCUT2D eigenvalue weighted by molar-refractivity contribution is 5.27. The maximum Gasteiger partial charge on any atom is 0.0432 e. The topological polar surface area (TPSA) is 12.9 Å². The Bertz CT molecular complexity index is 276. The molecule has 0 amide bonds. The van der Waals surface area contributed by atoms with Gasteiger partial charge in [0, 0.05) is 11.9 Å². The van der Waals surface area contributed by atoms with Crippen molar-refractivity contribution in [3.05, 3.63) is 29.1 Å². The third-order valence-corrected chi connectivity index (χ3v) is 2.46. The van der Waals surface area contributed by atoms with Crippen LogP contribution in [0, 0.1) is 0 Å². The Labute approximate surface area is 81.2 Å². The van der Waals surface area contributed by atoms with E-state index in [1.165, 1.54) is 16.8 Å². The lowest BCUT2D eigenvalue weighted by Gasteiger charge is -2.09. The van der Waals surface area contributed by atoms with Gasteiger partial charge in [-0.05, 0) is 29.9 Å². The van der Waals surface area contributed by atoms with E-state index in [4.69, 9.17) is 0 Å². The Morgan fingerprint density at radius 2 is 1.92 bits per heavy atom. The highest BCUT2D eigenvalue weighted by atomic mass is 14.7. The molecule has 1 nitrogen and oxygen atoms in total. The van der Waals surface area contributed by atoms with Gasteiger partial charge in [0.2, 0.25) is 0 Å². The number of hydrogen-bond acceptors (Lipinski definition) is 1. The van der Waals surface area contributed by atoms with Crippen molar-refractivity contribution in [3.63, 3.8) is 0 Å². The van der Waals surface area contributed by atoms with Crippen LogP contribution in [0.2, 0.25) is 0 Å². The minimum atomic E-state index is 0.587. The normalized spacial score (nSPS) is 10.8. The van der Waals surface area contributed by atoms with Crippen LogP contribution in [0.1, 0.15) is 50.4 Å². The molecule has 0 fully saturated rings. The molecule has 0 aliphatic rings. The fourth-order valence-corrected chi connectivity index (χ4v) is 1.50. The Morgan fingerprint density at radius 3 is 2.38 bits per heavy atom. The smallest absolute Gasteiger partial charge is 0.0432 e. The van der Waals surface area contributed by atoms with Gasteiger partial charge in [-0.15, -0.1) is 0 Å². The number of nitrogens with zero attached hydrogens (tertiary/aromatic N) is 1. The molecule has 1 aromatic heterocycles.